The summed E-state index contributed by atoms with van der Waals surface area (Å²) in [6, 6.07) is 17.6. The third-order valence-electron chi connectivity index (χ3n) is 4.89. The molecule has 8 heteroatoms. The number of hydrogen-bond donors (Lipinski definition) is 1. The molecule has 168 valence electrons. The molecule has 0 aliphatic heterocycles. The number of nitrogens with zero attached hydrogens (tertiary/aromatic N) is 2. The van der Waals surface area contributed by atoms with Crippen molar-refractivity contribution in [1.82, 2.24) is 15.1 Å². The average molecular weight is 451 g/mol. The SMILES string of the molecule is O=C(NCc1ccc(F)cc1)c1cn(Cc2ccc(F)cc2)nc1OCc1ccc(F)cc1. The van der Waals surface area contributed by atoms with Gasteiger partial charge in [-0.25, -0.2) is 13.2 Å². The first-order valence-corrected chi connectivity index (χ1v) is 10.2. The van der Waals surface area contributed by atoms with Crippen molar-refractivity contribution in [3.63, 3.8) is 0 Å². The summed E-state index contributed by atoms with van der Waals surface area (Å²) in [4.78, 5) is 12.9. The number of hydrogen-bond acceptors (Lipinski definition) is 3. The van der Waals surface area contributed by atoms with Gasteiger partial charge in [0, 0.05) is 12.7 Å². The van der Waals surface area contributed by atoms with Crippen molar-refractivity contribution in [2.45, 2.75) is 19.7 Å². The molecule has 3 aromatic carbocycles. The number of aromatic nitrogens is 2. The Balaban J connectivity index is 1.51. The van der Waals surface area contributed by atoms with Gasteiger partial charge in [-0.05, 0) is 53.1 Å². The molecular formula is C25H20F3N3O2. The molecule has 0 unspecified atom stereocenters. The second kappa shape index (κ2) is 10.0. The van der Waals surface area contributed by atoms with Gasteiger partial charge < -0.3 is 10.1 Å². The van der Waals surface area contributed by atoms with Crippen molar-refractivity contribution in [2.24, 2.45) is 0 Å². The number of amides is 1. The van der Waals surface area contributed by atoms with Crippen molar-refractivity contribution in [3.05, 3.63) is 119 Å². The van der Waals surface area contributed by atoms with Gasteiger partial charge >= 0.3 is 0 Å². The van der Waals surface area contributed by atoms with Crippen LogP contribution in [0.2, 0.25) is 0 Å². The van der Waals surface area contributed by atoms with Crippen LogP contribution in [-0.4, -0.2) is 15.7 Å². The van der Waals surface area contributed by atoms with Crippen LogP contribution in [0.3, 0.4) is 0 Å². The molecule has 0 atom stereocenters. The third-order valence-corrected chi connectivity index (χ3v) is 4.89. The molecule has 1 aromatic heterocycles. The molecule has 0 radical (unpaired) electrons. The Labute approximate surface area is 188 Å². The number of ether oxygens (including phenoxy) is 1. The number of carbonyl (C=O) groups is 1. The molecule has 0 bridgehead atoms. The standard InChI is InChI=1S/C25H20F3N3O2/c26-20-7-1-17(2-8-20)13-29-24(32)23-15-31(14-18-3-9-21(27)10-4-18)30-25(23)33-16-19-5-11-22(28)12-6-19/h1-12,15H,13-14,16H2,(H,29,32). The highest BCUT2D eigenvalue weighted by Crippen LogP contribution is 2.19. The van der Waals surface area contributed by atoms with E-state index in [1.165, 1.54) is 41.1 Å². The zero-order valence-corrected chi connectivity index (χ0v) is 17.5. The zero-order chi connectivity index (χ0) is 23.2. The van der Waals surface area contributed by atoms with Crippen LogP contribution in [0.15, 0.2) is 79.0 Å². The quantitative estimate of drug-likeness (QED) is 0.416. The highest BCUT2D eigenvalue weighted by molar-refractivity contribution is 5.96. The van der Waals surface area contributed by atoms with E-state index >= 15 is 0 Å². The normalized spacial score (nSPS) is 10.8. The van der Waals surface area contributed by atoms with Gasteiger partial charge in [0.1, 0.15) is 29.6 Å². The van der Waals surface area contributed by atoms with Gasteiger partial charge in [-0.3, -0.25) is 9.48 Å². The first kappa shape index (κ1) is 22.1. The molecule has 4 rings (SSSR count). The molecule has 0 fully saturated rings. The topological polar surface area (TPSA) is 56.2 Å². The highest BCUT2D eigenvalue weighted by Gasteiger charge is 2.18. The smallest absolute Gasteiger partial charge is 0.258 e. The van der Waals surface area contributed by atoms with Crippen molar-refractivity contribution >= 4 is 5.91 Å². The summed E-state index contributed by atoms with van der Waals surface area (Å²) in [6.45, 7) is 0.587. The molecule has 1 heterocycles. The highest BCUT2D eigenvalue weighted by atomic mass is 19.1. The molecule has 0 aliphatic carbocycles. The van der Waals surface area contributed by atoms with E-state index in [1.807, 2.05) is 0 Å². The Morgan fingerprint density at radius 2 is 1.30 bits per heavy atom. The fraction of sp³-hybridized carbons (Fsp3) is 0.120. The Kier molecular flexibility index (Phi) is 6.73. The summed E-state index contributed by atoms with van der Waals surface area (Å²) in [7, 11) is 0. The Morgan fingerprint density at radius 1 is 0.788 bits per heavy atom. The summed E-state index contributed by atoms with van der Waals surface area (Å²) in [5.41, 5.74) is 2.45. The summed E-state index contributed by atoms with van der Waals surface area (Å²) in [6.07, 6.45) is 1.54. The molecule has 1 amide bonds. The van der Waals surface area contributed by atoms with Gasteiger partial charge in [0.25, 0.3) is 5.91 Å². The number of nitrogens with one attached hydrogen (secondary N) is 1. The number of benzene rings is 3. The van der Waals surface area contributed by atoms with E-state index in [-0.39, 0.29) is 42.0 Å². The number of carbonyl (C=O) groups excluding carboxylic acids is 1. The largest absolute Gasteiger partial charge is 0.471 e. The summed E-state index contributed by atoms with van der Waals surface area (Å²) in [5, 5.41) is 7.14. The minimum absolute atomic E-state index is 0.0894. The van der Waals surface area contributed by atoms with Crippen molar-refractivity contribution in [3.8, 4) is 5.88 Å². The lowest BCUT2D eigenvalue weighted by atomic mass is 10.2. The van der Waals surface area contributed by atoms with E-state index in [0.717, 1.165) is 11.1 Å². The minimum atomic E-state index is -0.418. The molecule has 0 saturated heterocycles. The van der Waals surface area contributed by atoms with Crippen LogP contribution in [0.25, 0.3) is 0 Å². The van der Waals surface area contributed by atoms with Crippen molar-refractivity contribution < 1.29 is 22.7 Å². The van der Waals surface area contributed by atoms with Crippen LogP contribution in [0, 0.1) is 17.5 Å². The van der Waals surface area contributed by atoms with Gasteiger partial charge in [0.2, 0.25) is 5.88 Å². The fourth-order valence-corrected chi connectivity index (χ4v) is 3.14. The Morgan fingerprint density at radius 3 is 1.88 bits per heavy atom. The molecule has 0 aliphatic rings. The Bertz CT molecular complexity index is 1220. The summed E-state index contributed by atoms with van der Waals surface area (Å²) in [5.74, 6) is -1.37. The lowest BCUT2D eigenvalue weighted by Crippen LogP contribution is -2.23. The third kappa shape index (κ3) is 6.00. The molecule has 4 aromatic rings. The van der Waals surface area contributed by atoms with Gasteiger partial charge in [0.05, 0.1) is 6.54 Å². The van der Waals surface area contributed by atoms with Crippen LogP contribution in [0.1, 0.15) is 27.0 Å². The fourth-order valence-electron chi connectivity index (χ4n) is 3.14. The van der Waals surface area contributed by atoms with E-state index in [9.17, 15) is 18.0 Å². The molecule has 1 N–H and O–H groups in total. The van der Waals surface area contributed by atoms with E-state index < -0.39 is 5.91 Å². The van der Waals surface area contributed by atoms with Crippen molar-refractivity contribution in [1.29, 1.82) is 0 Å². The van der Waals surface area contributed by atoms with E-state index in [0.29, 0.717) is 12.1 Å². The summed E-state index contributed by atoms with van der Waals surface area (Å²) >= 11 is 0. The summed E-state index contributed by atoms with van der Waals surface area (Å²) < 4.78 is 46.7. The molecule has 0 saturated carbocycles. The molecule has 5 nitrogen and oxygen atoms in total. The maximum atomic E-state index is 13.2. The average Bonchev–Trinajstić information content (AvgIpc) is 3.22. The van der Waals surface area contributed by atoms with E-state index in [1.54, 1.807) is 42.6 Å². The van der Waals surface area contributed by atoms with Crippen LogP contribution < -0.4 is 10.1 Å². The zero-order valence-electron chi connectivity index (χ0n) is 17.5. The van der Waals surface area contributed by atoms with E-state index in [4.69, 9.17) is 4.74 Å². The van der Waals surface area contributed by atoms with E-state index in [2.05, 4.69) is 10.4 Å². The van der Waals surface area contributed by atoms with Crippen LogP contribution in [0.5, 0.6) is 5.88 Å². The second-order valence-electron chi connectivity index (χ2n) is 7.40. The number of rotatable bonds is 8. The van der Waals surface area contributed by atoms with Gasteiger partial charge in [-0.2, -0.15) is 0 Å². The molecule has 33 heavy (non-hydrogen) atoms. The maximum Gasteiger partial charge on any atom is 0.258 e. The predicted molar refractivity (Wildman–Crippen MR) is 116 cm³/mol. The minimum Gasteiger partial charge on any atom is -0.471 e. The van der Waals surface area contributed by atoms with Gasteiger partial charge in [-0.15, -0.1) is 5.10 Å². The first-order chi connectivity index (χ1) is 16.0. The monoisotopic (exact) mass is 451 g/mol. The second-order valence-corrected chi connectivity index (χ2v) is 7.40. The van der Waals surface area contributed by atoms with Gasteiger partial charge in [0.15, 0.2) is 0 Å². The van der Waals surface area contributed by atoms with Crippen molar-refractivity contribution in [2.75, 3.05) is 0 Å². The molecular weight excluding hydrogens is 431 g/mol. The Hall–Kier alpha value is -4.07. The van der Waals surface area contributed by atoms with Gasteiger partial charge in [-0.1, -0.05) is 36.4 Å². The van der Waals surface area contributed by atoms with Crippen LogP contribution in [-0.2, 0) is 19.7 Å². The first-order valence-electron chi connectivity index (χ1n) is 10.2. The predicted octanol–water partition coefficient (Wildman–Crippen LogP) is 4.86. The maximum absolute atomic E-state index is 13.2. The lowest BCUT2D eigenvalue weighted by molar-refractivity contribution is 0.0946. The number of halogens is 3. The lowest BCUT2D eigenvalue weighted by Gasteiger charge is -2.07. The van der Waals surface area contributed by atoms with Crippen LogP contribution >= 0.6 is 0 Å². The molecule has 0 spiro atoms. The van der Waals surface area contributed by atoms with Crippen LogP contribution in [0.4, 0.5) is 13.2 Å².